The summed E-state index contributed by atoms with van der Waals surface area (Å²) in [4.78, 5) is 16.5. The van der Waals surface area contributed by atoms with Gasteiger partial charge in [-0.1, -0.05) is 0 Å². The van der Waals surface area contributed by atoms with Crippen molar-refractivity contribution in [2.45, 2.75) is 20.0 Å². The molecule has 0 radical (unpaired) electrons. The van der Waals surface area contributed by atoms with Crippen LogP contribution in [0.15, 0.2) is 45.5 Å². The largest absolute Gasteiger partial charge is 0.454 e. The van der Waals surface area contributed by atoms with Crippen LogP contribution in [-0.2, 0) is 13.1 Å². The van der Waals surface area contributed by atoms with Crippen molar-refractivity contribution in [2.75, 3.05) is 7.05 Å². The Morgan fingerprint density at radius 2 is 2.22 bits per heavy atom. The van der Waals surface area contributed by atoms with E-state index in [9.17, 15) is 4.79 Å². The summed E-state index contributed by atoms with van der Waals surface area (Å²) in [5.74, 6) is 0.926. The van der Waals surface area contributed by atoms with E-state index in [1.54, 1.807) is 40.2 Å². The molecule has 0 atom stereocenters. The van der Waals surface area contributed by atoms with E-state index in [2.05, 4.69) is 34.0 Å². The molecule has 0 aliphatic rings. The zero-order valence-electron chi connectivity index (χ0n) is 12.8. The third-order valence-corrected chi connectivity index (χ3v) is 4.72. The van der Waals surface area contributed by atoms with E-state index in [-0.39, 0.29) is 5.91 Å². The Morgan fingerprint density at radius 3 is 2.87 bits per heavy atom. The highest BCUT2D eigenvalue weighted by Gasteiger charge is 2.17. The molecule has 3 aromatic rings. The lowest BCUT2D eigenvalue weighted by atomic mass is 10.3. The third-order valence-electron chi connectivity index (χ3n) is 3.33. The molecule has 3 heterocycles. The average molecular weight is 394 g/mol. The van der Waals surface area contributed by atoms with Gasteiger partial charge in [0.1, 0.15) is 5.76 Å². The maximum absolute atomic E-state index is 12.4. The second-order valence-corrected chi connectivity index (χ2v) is 7.58. The minimum Gasteiger partial charge on any atom is -0.454 e. The van der Waals surface area contributed by atoms with Crippen LogP contribution >= 0.6 is 27.3 Å². The van der Waals surface area contributed by atoms with Crippen molar-refractivity contribution < 1.29 is 9.21 Å². The fourth-order valence-electron chi connectivity index (χ4n) is 2.23. The van der Waals surface area contributed by atoms with Crippen LogP contribution in [0.2, 0.25) is 0 Å². The van der Waals surface area contributed by atoms with Gasteiger partial charge in [-0.05, 0) is 47.1 Å². The van der Waals surface area contributed by atoms with Gasteiger partial charge in [0.15, 0.2) is 5.76 Å². The smallest absolute Gasteiger partial charge is 0.289 e. The van der Waals surface area contributed by atoms with E-state index in [4.69, 9.17) is 4.42 Å². The first-order chi connectivity index (χ1) is 11.0. The van der Waals surface area contributed by atoms with Crippen LogP contribution < -0.4 is 0 Å². The van der Waals surface area contributed by atoms with E-state index in [1.807, 2.05) is 18.3 Å². The fourth-order valence-corrected chi connectivity index (χ4v) is 3.50. The maximum atomic E-state index is 12.4. The SMILES string of the molecule is Cc1ccc(CN(C)C(=O)c2ccc(Cn3cc(Br)cn3)o2)s1. The summed E-state index contributed by atoms with van der Waals surface area (Å²) in [6.45, 7) is 3.13. The van der Waals surface area contributed by atoms with E-state index < -0.39 is 0 Å². The minimum absolute atomic E-state index is 0.121. The van der Waals surface area contributed by atoms with Crippen LogP contribution in [0.3, 0.4) is 0 Å². The summed E-state index contributed by atoms with van der Waals surface area (Å²) in [6, 6.07) is 7.64. The Kier molecular flexibility index (Phi) is 4.68. The van der Waals surface area contributed by atoms with Gasteiger partial charge in [0.2, 0.25) is 0 Å². The minimum atomic E-state index is -0.121. The van der Waals surface area contributed by atoms with Crippen molar-refractivity contribution >= 4 is 33.2 Å². The summed E-state index contributed by atoms with van der Waals surface area (Å²) in [6.07, 6.45) is 3.57. The molecule has 1 amide bonds. The molecule has 0 N–H and O–H groups in total. The number of hydrogen-bond donors (Lipinski definition) is 0. The number of rotatable bonds is 5. The van der Waals surface area contributed by atoms with Crippen LogP contribution in [0.25, 0.3) is 0 Å². The number of thiophene rings is 1. The highest BCUT2D eigenvalue weighted by molar-refractivity contribution is 9.10. The topological polar surface area (TPSA) is 51.3 Å². The highest BCUT2D eigenvalue weighted by Crippen LogP contribution is 2.18. The lowest BCUT2D eigenvalue weighted by Gasteiger charge is -2.14. The summed E-state index contributed by atoms with van der Waals surface area (Å²) < 4.78 is 8.31. The number of nitrogens with zero attached hydrogens (tertiary/aromatic N) is 3. The normalized spacial score (nSPS) is 10.9. The molecule has 0 saturated heterocycles. The quantitative estimate of drug-likeness (QED) is 0.659. The van der Waals surface area contributed by atoms with E-state index in [0.717, 1.165) is 9.35 Å². The van der Waals surface area contributed by atoms with Gasteiger partial charge in [0, 0.05) is 23.0 Å². The fraction of sp³-hybridized carbons (Fsp3) is 0.250. The number of hydrogen-bond acceptors (Lipinski definition) is 4. The molecular formula is C16H16BrN3O2S. The molecule has 0 aromatic carbocycles. The molecule has 0 aliphatic heterocycles. The van der Waals surface area contributed by atoms with Crippen molar-refractivity contribution in [2.24, 2.45) is 0 Å². The first-order valence-electron chi connectivity index (χ1n) is 7.09. The van der Waals surface area contributed by atoms with Crippen LogP contribution in [0.1, 0.15) is 26.1 Å². The van der Waals surface area contributed by atoms with E-state index in [0.29, 0.717) is 24.6 Å². The number of aromatic nitrogens is 2. The first-order valence-corrected chi connectivity index (χ1v) is 8.69. The van der Waals surface area contributed by atoms with Gasteiger partial charge in [-0.25, -0.2) is 0 Å². The number of furan rings is 1. The maximum Gasteiger partial charge on any atom is 0.289 e. The third kappa shape index (κ3) is 3.92. The van der Waals surface area contributed by atoms with Crippen LogP contribution in [0.4, 0.5) is 0 Å². The second-order valence-electron chi connectivity index (χ2n) is 5.30. The molecule has 120 valence electrons. The molecule has 3 aromatic heterocycles. The monoisotopic (exact) mass is 393 g/mol. The number of aryl methyl sites for hydroxylation is 1. The van der Waals surface area contributed by atoms with Gasteiger partial charge in [-0.15, -0.1) is 11.3 Å². The van der Waals surface area contributed by atoms with Gasteiger partial charge in [-0.2, -0.15) is 5.10 Å². The molecule has 0 bridgehead atoms. The predicted octanol–water partition coefficient (Wildman–Crippen LogP) is 3.93. The molecule has 0 unspecified atom stereocenters. The van der Waals surface area contributed by atoms with Gasteiger partial charge < -0.3 is 9.32 Å². The lowest BCUT2D eigenvalue weighted by molar-refractivity contribution is 0.0752. The van der Waals surface area contributed by atoms with E-state index >= 15 is 0 Å². The Bertz CT molecular complexity index is 821. The first kappa shape index (κ1) is 16.0. The van der Waals surface area contributed by atoms with Crippen molar-refractivity contribution in [3.8, 4) is 0 Å². The second kappa shape index (κ2) is 6.72. The van der Waals surface area contributed by atoms with Crippen molar-refractivity contribution in [3.63, 3.8) is 0 Å². The predicted molar refractivity (Wildman–Crippen MR) is 92.6 cm³/mol. The van der Waals surface area contributed by atoms with Crippen LogP contribution in [0.5, 0.6) is 0 Å². The number of carbonyl (C=O) groups excluding carboxylic acids is 1. The molecule has 7 heteroatoms. The lowest BCUT2D eigenvalue weighted by Crippen LogP contribution is -2.25. The zero-order chi connectivity index (χ0) is 16.4. The summed E-state index contributed by atoms with van der Waals surface area (Å²) in [5.41, 5.74) is 0. The van der Waals surface area contributed by atoms with E-state index in [1.165, 1.54) is 4.88 Å². The van der Waals surface area contributed by atoms with Gasteiger partial charge in [-0.3, -0.25) is 9.48 Å². The molecule has 0 spiro atoms. The molecule has 0 aliphatic carbocycles. The standard InChI is InChI=1S/C16H16BrN3O2S/c1-11-3-5-14(23-11)10-19(2)16(21)15-6-4-13(22-15)9-20-8-12(17)7-18-20/h3-8H,9-10H2,1-2H3. The number of amides is 1. The summed E-state index contributed by atoms with van der Waals surface area (Å²) in [5, 5.41) is 4.17. The Balaban J connectivity index is 1.65. The Hall–Kier alpha value is -1.86. The van der Waals surface area contributed by atoms with Gasteiger partial charge in [0.25, 0.3) is 5.91 Å². The Labute approximate surface area is 146 Å². The zero-order valence-corrected chi connectivity index (χ0v) is 15.2. The highest BCUT2D eigenvalue weighted by atomic mass is 79.9. The number of halogens is 1. The molecular weight excluding hydrogens is 378 g/mol. The van der Waals surface area contributed by atoms with Crippen molar-refractivity contribution in [3.05, 3.63) is 62.4 Å². The van der Waals surface area contributed by atoms with Gasteiger partial charge >= 0.3 is 0 Å². The van der Waals surface area contributed by atoms with Crippen molar-refractivity contribution in [1.29, 1.82) is 0 Å². The Morgan fingerprint density at radius 1 is 1.39 bits per heavy atom. The summed E-state index contributed by atoms with van der Waals surface area (Å²) in [7, 11) is 1.78. The average Bonchev–Trinajstić information content (AvgIpc) is 3.22. The molecule has 0 fully saturated rings. The van der Waals surface area contributed by atoms with Gasteiger partial charge in [0.05, 0.1) is 23.8 Å². The summed E-state index contributed by atoms with van der Waals surface area (Å²) >= 11 is 5.05. The van der Waals surface area contributed by atoms with Crippen LogP contribution in [0, 0.1) is 6.92 Å². The molecule has 5 nitrogen and oxygen atoms in total. The number of carbonyl (C=O) groups is 1. The van der Waals surface area contributed by atoms with Crippen molar-refractivity contribution in [1.82, 2.24) is 14.7 Å². The molecule has 0 saturated carbocycles. The molecule has 23 heavy (non-hydrogen) atoms. The van der Waals surface area contributed by atoms with Crippen LogP contribution in [-0.4, -0.2) is 27.6 Å². The molecule has 3 rings (SSSR count).